The molecule has 5 nitrogen and oxygen atoms in total. The van der Waals surface area contributed by atoms with Gasteiger partial charge in [0.05, 0.1) is 17.6 Å². The quantitative estimate of drug-likeness (QED) is 0.431. The number of fused-ring (bicyclic) bond motifs is 1. The summed E-state index contributed by atoms with van der Waals surface area (Å²) in [6.07, 6.45) is 2.57. The average Bonchev–Trinajstić information content (AvgIpc) is 3.23. The second-order valence-corrected chi connectivity index (χ2v) is 9.26. The number of nitrogens with zero attached hydrogens (tertiary/aromatic N) is 3. The molecule has 1 aliphatic rings. The van der Waals surface area contributed by atoms with Gasteiger partial charge in [-0.15, -0.1) is 0 Å². The maximum Gasteiger partial charge on any atom is 0.223 e. The van der Waals surface area contributed by atoms with Gasteiger partial charge in [0.2, 0.25) is 11.9 Å². The highest BCUT2D eigenvalue weighted by molar-refractivity contribution is 5.80. The van der Waals surface area contributed by atoms with E-state index in [9.17, 15) is 4.79 Å². The summed E-state index contributed by atoms with van der Waals surface area (Å²) >= 11 is 0. The number of hydrogen-bond donors (Lipinski definition) is 1. The van der Waals surface area contributed by atoms with E-state index in [0.717, 1.165) is 55.9 Å². The lowest BCUT2D eigenvalue weighted by atomic mass is 9.96. The Hall–Kier alpha value is -3.60. The lowest BCUT2D eigenvalue weighted by molar-refractivity contribution is -0.125. The standard InChI is InChI=1S/C29H32N4O/c1-22-8-7-11-24(20-22)21-33-27-13-6-5-12-26(27)31-29(33)32-18-15-25(16-19-32)28(34)30-17-14-23-9-3-2-4-10-23/h2-13,20,25H,14-19,21H2,1H3,(H,30,34). The number of amides is 1. The summed E-state index contributed by atoms with van der Waals surface area (Å²) < 4.78 is 2.32. The Morgan fingerprint density at radius 3 is 2.47 bits per heavy atom. The minimum absolute atomic E-state index is 0.0709. The van der Waals surface area contributed by atoms with Gasteiger partial charge in [0, 0.05) is 25.6 Å². The fraction of sp³-hybridized carbons (Fsp3) is 0.310. The Balaban J connectivity index is 1.25. The lowest BCUT2D eigenvalue weighted by Crippen LogP contribution is -2.42. The van der Waals surface area contributed by atoms with Crippen molar-refractivity contribution >= 4 is 22.9 Å². The average molecular weight is 453 g/mol. The largest absolute Gasteiger partial charge is 0.356 e. The highest BCUT2D eigenvalue weighted by Crippen LogP contribution is 2.28. The van der Waals surface area contributed by atoms with Crippen LogP contribution in [-0.2, 0) is 17.8 Å². The van der Waals surface area contributed by atoms with Crippen molar-refractivity contribution in [3.63, 3.8) is 0 Å². The summed E-state index contributed by atoms with van der Waals surface area (Å²) in [6, 6.07) is 27.3. The number of piperidine rings is 1. The van der Waals surface area contributed by atoms with E-state index < -0.39 is 0 Å². The molecule has 0 spiro atoms. The highest BCUT2D eigenvalue weighted by atomic mass is 16.1. The second-order valence-electron chi connectivity index (χ2n) is 9.26. The zero-order chi connectivity index (χ0) is 23.3. The Morgan fingerprint density at radius 2 is 1.68 bits per heavy atom. The van der Waals surface area contributed by atoms with E-state index in [1.165, 1.54) is 16.7 Å². The summed E-state index contributed by atoms with van der Waals surface area (Å²) in [6.45, 7) is 5.29. The first kappa shape index (κ1) is 22.2. The molecule has 34 heavy (non-hydrogen) atoms. The first-order valence-electron chi connectivity index (χ1n) is 12.2. The van der Waals surface area contributed by atoms with Crippen molar-refractivity contribution in [2.24, 2.45) is 5.92 Å². The van der Waals surface area contributed by atoms with Gasteiger partial charge >= 0.3 is 0 Å². The van der Waals surface area contributed by atoms with Crippen LogP contribution in [0.4, 0.5) is 5.95 Å². The van der Waals surface area contributed by atoms with Gasteiger partial charge in [-0.05, 0) is 49.4 Å². The number of rotatable bonds is 7. The van der Waals surface area contributed by atoms with Gasteiger partial charge in [-0.2, -0.15) is 0 Å². The van der Waals surface area contributed by atoms with E-state index in [2.05, 4.69) is 76.3 Å². The number of nitrogens with one attached hydrogen (secondary N) is 1. The Labute approximate surface area is 201 Å². The number of carbonyl (C=O) groups excluding carboxylic acids is 1. The molecule has 5 rings (SSSR count). The number of carbonyl (C=O) groups is 1. The van der Waals surface area contributed by atoms with Crippen molar-refractivity contribution in [1.29, 1.82) is 0 Å². The van der Waals surface area contributed by atoms with Crippen molar-refractivity contribution in [1.82, 2.24) is 14.9 Å². The lowest BCUT2D eigenvalue weighted by Gasteiger charge is -2.32. The SMILES string of the molecule is Cc1cccc(Cn2c(N3CCC(C(=O)NCCc4ccccc4)CC3)nc3ccccc32)c1. The molecule has 1 fully saturated rings. The number of imidazole rings is 1. The summed E-state index contributed by atoms with van der Waals surface area (Å²) in [4.78, 5) is 20.1. The van der Waals surface area contributed by atoms with E-state index in [-0.39, 0.29) is 11.8 Å². The maximum absolute atomic E-state index is 12.8. The molecule has 1 saturated heterocycles. The topological polar surface area (TPSA) is 50.2 Å². The van der Waals surface area contributed by atoms with Gasteiger partial charge in [-0.25, -0.2) is 4.98 Å². The Bertz CT molecular complexity index is 1260. The van der Waals surface area contributed by atoms with E-state index in [1.807, 2.05) is 24.3 Å². The normalized spacial score (nSPS) is 14.4. The third-order valence-electron chi connectivity index (χ3n) is 6.76. The van der Waals surface area contributed by atoms with Crippen molar-refractivity contribution in [3.8, 4) is 0 Å². The molecule has 174 valence electrons. The van der Waals surface area contributed by atoms with Crippen LogP contribution in [0.5, 0.6) is 0 Å². The van der Waals surface area contributed by atoms with Crippen LogP contribution in [-0.4, -0.2) is 35.1 Å². The van der Waals surface area contributed by atoms with Crippen LogP contribution < -0.4 is 10.2 Å². The molecule has 5 heteroatoms. The molecule has 2 heterocycles. The molecule has 0 bridgehead atoms. The molecular formula is C29H32N4O. The van der Waals surface area contributed by atoms with Crippen molar-refractivity contribution in [2.75, 3.05) is 24.5 Å². The van der Waals surface area contributed by atoms with Gasteiger partial charge in [-0.1, -0.05) is 72.3 Å². The number of aryl methyl sites for hydroxylation is 1. The van der Waals surface area contributed by atoms with Gasteiger partial charge in [0.15, 0.2) is 0 Å². The predicted molar refractivity (Wildman–Crippen MR) is 138 cm³/mol. The molecule has 1 aliphatic heterocycles. The first-order chi connectivity index (χ1) is 16.7. The number of benzene rings is 3. The van der Waals surface area contributed by atoms with Gasteiger partial charge in [0.25, 0.3) is 0 Å². The molecule has 0 atom stereocenters. The number of hydrogen-bond acceptors (Lipinski definition) is 3. The number of aromatic nitrogens is 2. The molecule has 3 aromatic carbocycles. The minimum atomic E-state index is 0.0709. The van der Waals surface area contributed by atoms with Crippen LogP contribution in [0, 0.1) is 12.8 Å². The molecule has 0 unspecified atom stereocenters. The Morgan fingerprint density at radius 1 is 0.941 bits per heavy atom. The number of anilines is 1. The first-order valence-corrected chi connectivity index (χ1v) is 12.2. The van der Waals surface area contributed by atoms with Gasteiger partial charge in [0.1, 0.15) is 0 Å². The smallest absolute Gasteiger partial charge is 0.223 e. The van der Waals surface area contributed by atoms with Crippen LogP contribution in [0.1, 0.15) is 29.5 Å². The van der Waals surface area contributed by atoms with Crippen LogP contribution in [0.25, 0.3) is 11.0 Å². The highest BCUT2D eigenvalue weighted by Gasteiger charge is 2.27. The van der Waals surface area contributed by atoms with Gasteiger partial charge < -0.3 is 14.8 Å². The van der Waals surface area contributed by atoms with E-state index >= 15 is 0 Å². The second kappa shape index (κ2) is 10.1. The number of para-hydroxylation sites is 2. The molecule has 4 aromatic rings. The van der Waals surface area contributed by atoms with Crippen LogP contribution in [0.3, 0.4) is 0 Å². The zero-order valence-corrected chi connectivity index (χ0v) is 19.8. The third-order valence-corrected chi connectivity index (χ3v) is 6.76. The van der Waals surface area contributed by atoms with Crippen molar-refractivity contribution < 1.29 is 4.79 Å². The monoisotopic (exact) mass is 452 g/mol. The van der Waals surface area contributed by atoms with E-state index in [0.29, 0.717) is 6.54 Å². The van der Waals surface area contributed by atoms with Crippen molar-refractivity contribution in [3.05, 3.63) is 95.6 Å². The van der Waals surface area contributed by atoms with Gasteiger partial charge in [-0.3, -0.25) is 4.79 Å². The molecule has 1 N–H and O–H groups in total. The van der Waals surface area contributed by atoms with Crippen LogP contribution in [0.15, 0.2) is 78.9 Å². The summed E-state index contributed by atoms with van der Waals surface area (Å²) in [5.41, 5.74) is 5.97. The Kier molecular flexibility index (Phi) is 6.61. The summed E-state index contributed by atoms with van der Waals surface area (Å²) in [5.74, 6) is 1.26. The van der Waals surface area contributed by atoms with Crippen LogP contribution >= 0.6 is 0 Å². The summed E-state index contributed by atoms with van der Waals surface area (Å²) in [5, 5.41) is 3.15. The summed E-state index contributed by atoms with van der Waals surface area (Å²) in [7, 11) is 0. The molecular weight excluding hydrogens is 420 g/mol. The molecule has 1 aromatic heterocycles. The molecule has 0 saturated carbocycles. The van der Waals surface area contributed by atoms with Crippen LogP contribution in [0.2, 0.25) is 0 Å². The molecule has 0 radical (unpaired) electrons. The molecule has 1 amide bonds. The maximum atomic E-state index is 12.8. The van der Waals surface area contributed by atoms with E-state index in [4.69, 9.17) is 4.98 Å². The fourth-order valence-corrected chi connectivity index (χ4v) is 4.91. The minimum Gasteiger partial charge on any atom is -0.356 e. The third kappa shape index (κ3) is 4.98. The van der Waals surface area contributed by atoms with E-state index in [1.54, 1.807) is 0 Å². The zero-order valence-electron chi connectivity index (χ0n) is 19.8. The molecule has 0 aliphatic carbocycles. The predicted octanol–water partition coefficient (Wildman–Crippen LogP) is 4.97. The van der Waals surface area contributed by atoms with Crippen molar-refractivity contribution in [2.45, 2.75) is 32.7 Å². The fourth-order valence-electron chi connectivity index (χ4n) is 4.91.